The minimum Gasteiger partial charge on any atom is -0.327 e. The van der Waals surface area contributed by atoms with Crippen molar-refractivity contribution in [3.05, 3.63) is 22.4 Å². The molecule has 16 heavy (non-hydrogen) atoms. The first kappa shape index (κ1) is 12.1. The zero-order valence-electron chi connectivity index (χ0n) is 10.1. The predicted molar refractivity (Wildman–Crippen MR) is 70.8 cm³/mol. The lowest BCUT2D eigenvalue weighted by molar-refractivity contribution is 0.153. The molecule has 2 atom stereocenters. The van der Waals surface area contributed by atoms with Crippen LogP contribution >= 0.6 is 11.3 Å². The first-order chi connectivity index (χ1) is 7.79. The van der Waals surface area contributed by atoms with E-state index in [-0.39, 0.29) is 0 Å². The Balaban J connectivity index is 1.78. The molecule has 1 aliphatic rings. The Morgan fingerprint density at radius 2 is 2.44 bits per heavy atom. The average molecular weight is 238 g/mol. The molecule has 3 heteroatoms. The Kier molecular flexibility index (Phi) is 4.38. The summed E-state index contributed by atoms with van der Waals surface area (Å²) in [6.07, 6.45) is 3.58. The molecule has 1 saturated heterocycles. The summed E-state index contributed by atoms with van der Waals surface area (Å²) in [6.45, 7) is 5.83. The molecule has 0 spiro atoms. The van der Waals surface area contributed by atoms with E-state index in [2.05, 4.69) is 28.7 Å². The van der Waals surface area contributed by atoms with Gasteiger partial charge >= 0.3 is 0 Å². The van der Waals surface area contributed by atoms with Gasteiger partial charge in [-0.1, -0.05) is 13.3 Å². The van der Waals surface area contributed by atoms with Gasteiger partial charge in [0.15, 0.2) is 0 Å². The third-order valence-corrected chi connectivity index (χ3v) is 4.43. The van der Waals surface area contributed by atoms with Crippen molar-refractivity contribution in [2.75, 3.05) is 19.6 Å². The van der Waals surface area contributed by atoms with E-state index in [1.165, 1.54) is 44.5 Å². The molecule has 0 saturated carbocycles. The fourth-order valence-corrected chi connectivity index (χ4v) is 3.19. The summed E-state index contributed by atoms with van der Waals surface area (Å²) in [5.74, 6) is 0.705. The summed E-state index contributed by atoms with van der Waals surface area (Å²) in [5.41, 5.74) is 7.60. The van der Waals surface area contributed by atoms with Gasteiger partial charge < -0.3 is 10.6 Å². The molecule has 2 heterocycles. The highest BCUT2D eigenvalue weighted by Crippen LogP contribution is 2.19. The van der Waals surface area contributed by atoms with Gasteiger partial charge in [0.1, 0.15) is 0 Å². The first-order valence-corrected chi connectivity index (χ1v) is 7.23. The predicted octanol–water partition coefficient (Wildman–Crippen LogP) is 2.35. The molecule has 2 rings (SSSR count). The zero-order valence-corrected chi connectivity index (χ0v) is 10.9. The second-order valence-electron chi connectivity index (χ2n) is 4.80. The van der Waals surface area contributed by atoms with E-state index >= 15 is 0 Å². The summed E-state index contributed by atoms with van der Waals surface area (Å²) < 4.78 is 0. The van der Waals surface area contributed by atoms with Gasteiger partial charge in [-0.2, -0.15) is 11.3 Å². The number of nitrogens with two attached hydrogens (primary N) is 1. The van der Waals surface area contributed by atoms with Crippen LogP contribution in [-0.2, 0) is 6.42 Å². The van der Waals surface area contributed by atoms with Gasteiger partial charge in [0.05, 0.1) is 0 Å². The molecule has 1 aromatic heterocycles. The van der Waals surface area contributed by atoms with Crippen LogP contribution in [0.3, 0.4) is 0 Å². The number of nitrogens with zero attached hydrogens (tertiary/aromatic N) is 1. The van der Waals surface area contributed by atoms with E-state index in [9.17, 15) is 0 Å². The van der Waals surface area contributed by atoms with Gasteiger partial charge in [0.25, 0.3) is 0 Å². The highest BCUT2D eigenvalue weighted by Gasteiger charge is 2.24. The maximum Gasteiger partial charge on any atom is 0.00914 e. The van der Waals surface area contributed by atoms with Crippen LogP contribution in [0.1, 0.15) is 25.3 Å². The summed E-state index contributed by atoms with van der Waals surface area (Å²) in [4.78, 5) is 2.58. The monoisotopic (exact) mass is 238 g/mol. The second kappa shape index (κ2) is 5.80. The molecule has 0 aromatic carbocycles. The van der Waals surface area contributed by atoms with Gasteiger partial charge in [0.2, 0.25) is 0 Å². The SMILES string of the molecule is CCC1CN(CCc2ccsc2)CCC1N. The van der Waals surface area contributed by atoms with Crippen molar-refractivity contribution in [1.29, 1.82) is 0 Å². The molecule has 1 fully saturated rings. The van der Waals surface area contributed by atoms with E-state index < -0.39 is 0 Å². The number of rotatable bonds is 4. The lowest BCUT2D eigenvalue weighted by atomic mass is 9.90. The standard InChI is InChI=1S/C13H22N2S/c1-2-12-9-15(7-4-13(12)14)6-3-11-5-8-16-10-11/h5,8,10,12-13H,2-4,6-7,9,14H2,1H3. The van der Waals surface area contributed by atoms with Crippen LogP contribution in [0.4, 0.5) is 0 Å². The largest absolute Gasteiger partial charge is 0.327 e. The Morgan fingerprint density at radius 3 is 3.12 bits per heavy atom. The Hall–Kier alpha value is -0.380. The number of piperidine rings is 1. The van der Waals surface area contributed by atoms with Crippen LogP contribution in [0.2, 0.25) is 0 Å². The zero-order chi connectivity index (χ0) is 11.4. The topological polar surface area (TPSA) is 29.3 Å². The molecule has 0 bridgehead atoms. The normalized spacial score (nSPS) is 27.1. The molecule has 0 aliphatic carbocycles. The summed E-state index contributed by atoms with van der Waals surface area (Å²) in [5, 5.41) is 4.42. The van der Waals surface area contributed by atoms with Crippen molar-refractivity contribution in [1.82, 2.24) is 4.90 Å². The van der Waals surface area contributed by atoms with E-state index in [4.69, 9.17) is 5.73 Å². The smallest absolute Gasteiger partial charge is 0.00914 e. The van der Waals surface area contributed by atoms with E-state index in [1.807, 2.05) is 0 Å². The fraction of sp³-hybridized carbons (Fsp3) is 0.692. The second-order valence-corrected chi connectivity index (χ2v) is 5.58. The van der Waals surface area contributed by atoms with Gasteiger partial charge in [0, 0.05) is 19.1 Å². The third kappa shape index (κ3) is 3.06. The number of hydrogen-bond donors (Lipinski definition) is 1. The molecule has 90 valence electrons. The van der Waals surface area contributed by atoms with Crippen molar-refractivity contribution >= 4 is 11.3 Å². The van der Waals surface area contributed by atoms with Crippen molar-refractivity contribution in [2.45, 2.75) is 32.2 Å². The van der Waals surface area contributed by atoms with Crippen LogP contribution < -0.4 is 5.73 Å². The van der Waals surface area contributed by atoms with Crippen LogP contribution in [0, 0.1) is 5.92 Å². The number of thiophene rings is 1. The Labute approximate surface area is 102 Å². The van der Waals surface area contributed by atoms with Gasteiger partial charge in [-0.05, 0) is 47.7 Å². The molecular formula is C13H22N2S. The van der Waals surface area contributed by atoms with Crippen LogP contribution in [0.5, 0.6) is 0 Å². The average Bonchev–Trinajstić information content (AvgIpc) is 2.81. The lowest BCUT2D eigenvalue weighted by Crippen LogP contribution is -2.47. The van der Waals surface area contributed by atoms with Gasteiger partial charge in [-0.3, -0.25) is 0 Å². The quantitative estimate of drug-likeness (QED) is 0.872. The summed E-state index contributed by atoms with van der Waals surface area (Å²) in [7, 11) is 0. The third-order valence-electron chi connectivity index (χ3n) is 3.70. The summed E-state index contributed by atoms with van der Waals surface area (Å²) >= 11 is 1.79. The Bertz CT molecular complexity index is 297. The van der Waals surface area contributed by atoms with E-state index in [0.717, 1.165) is 0 Å². The summed E-state index contributed by atoms with van der Waals surface area (Å²) in [6, 6.07) is 2.67. The van der Waals surface area contributed by atoms with Crippen molar-refractivity contribution in [3.8, 4) is 0 Å². The molecular weight excluding hydrogens is 216 g/mol. The Morgan fingerprint density at radius 1 is 1.56 bits per heavy atom. The van der Waals surface area contributed by atoms with E-state index in [1.54, 1.807) is 11.3 Å². The molecule has 2 N–H and O–H groups in total. The number of likely N-dealkylation sites (tertiary alicyclic amines) is 1. The molecule has 1 aromatic rings. The first-order valence-electron chi connectivity index (χ1n) is 6.28. The van der Waals surface area contributed by atoms with E-state index in [0.29, 0.717) is 12.0 Å². The minimum absolute atomic E-state index is 0.433. The lowest BCUT2D eigenvalue weighted by Gasteiger charge is -2.36. The van der Waals surface area contributed by atoms with Crippen LogP contribution in [0.15, 0.2) is 16.8 Å². The van der Waals surface area contributed by atoms with Crippen LogP contribution in [0.25, 0.3) is 0 Å². The molecule has 2 nitrogen and oxygen atoms in total. The number of hydrogen-bond acceptors (Lipinski definition) is 3. The van der Waals surface area contributed by atoms with Crippen molar-refractivity contribution in [2.24, 2.45) is 11.7 Å². The maximum absolute atomic E-state index is 6.12. The van der Waals surface area contributed by atoms with Crippen LogP contribution in [-0.4, -0.2) is 30.6 Å². The molecule has 0 radical (unpaired) electrons. The maximum atomic E-state index is 6.12. The van der Waals surface area contributed by atoms with Crippen molar-refractivity contribution < 1.29 is 0 Å². The minimum atomic E-state index is 0.433. The highest BCUT2D eigenvalue weighted by molar-refractivity contribution is 7.07. The van der Waals surface area contributed by atoms with Gasteiger partial charge in [-0.25, -0.2) is 0 Å². The molecule has 1 aliphatic heterocycles. The molecule has 0 amide bonds. The fourth-order valence-electron chi connectivity index (χ4n) is 2.48. The van der Waals surface area contributed by atoms with Crippen molar-refractivity contribution in [3.63, 3.8) is 0 Å². The van der Waals surface area contributed by atoms with Gasteiger partial charge in [-0.15, -0.1) is 0 Å². The molecule has 2 unspecified atom stereocenters. The highest BCUT2D eigenvalue weighted by atomic mass is 32.1.